The Kier molecular flexibility index (Phi) is 5.75. The molecule has 3 nitrogen and oxygen atoms in total. The first-order chi connectivity index (χ1) is 12.9. The molecule has 0 atom stereocenters. The first-order valence-corrected chi connectivity index (χ1v) is 11.0. The van der Waals surface area contributed by atoms with Gasteiger partial charge in [-0.1, -0.05) is 76.9 Å². The van der Waals surface area contributed by atoms with E-state index in [2.05, 4.69) is 79.7 Å². The molecule has 0 aromatic heterocycles. The smallest absolute Gasteiger partial charge is 0.416 e. The molecule has 0 N–H and O–H groups in total. The first kappa shape index (κ1) is 21.4. The van der Waals surface area contributed by atoms with Crippen LogP contribution in [-0.2, 0) is 21.3 Å². The minimum absolute atomic E-state index is 0.0748. The highest BCUT2D eigenvalue weighted by Crippen LogP contribution is 2.52. The van der Waals surface area contributed by atoms with Gasteiger partial charge in [-0.15, -0.1) is 0 Å². The third-order valence-electron chi connectivity index (χ3n) is 5.01. The number of benzene rings is 2. The van der Waals surface area contributed by atoms with E-state index in [0.717, 1.165) is 40.2 Å². The van der Waals surface area contributed by atoms with Gasteiger partial charge in [-0.3, -0.25) is 0 Å². The molecule has 0 aliphatic carbocycles. The van der Waals surface area contributed by atoms with E-state index >= 15 is 0 Å². The van der Waals surface area contributed by atoms with Crippen LogP contribution in [-0.4, -0.2) is 0 Å². The lowest BCUT2D eigenvalue weighted by molar-refractivity contribution is 0.381. The standard InChI is InChI=1S/C23H30ClO3P/c1-14-9-16-13-17-10-15(2)12-19(23(6,7)8)21(17)26-28(27-24)25-20(16)18(11-14)22(3,4)5/h9-12H,13H2,1-8H3. The molecule has 0 saturated heterocycles. The zero-order valence-corrected chi connectivity index (χ0v) is 19.7. The van der Waals surface area contributed by atoms with E-state index in [0.29, 0.717) is 0 Å². The van der Waals surface area contributed by atoms with Gasteiger partial charge in [0.2, 0.25) is 0 Å². The van der Waals surface area contributed by atoms with Crippen LogP contribution in [0.5, 0.6) is 11.5 Å². The van der Waals surface area contributed by atoms with Crippen molar-refractivity contribution in [1.82, 2.24) is 0 Å². The Balaban J connectivity index is 2.28. The minimum Gasteiger partial charge on any atom is -0.416 e. The molecule has 0 amide bonds. The molecule has 152 valence electrons. The van der Waals surface area contributed by atoms with Gasteiger partial charge in [0, 0.05) is 17.5 Å². The average molecular weight is 421 g/mol. The molecule has 0 bridgehead atoms. The lowest BCUT2D eigenvalue weighted by Crippen LogP contribution is -2.18. The Morgan fingerprint density at radius 2 is 1.18 bits per heavy atom. The highest BCUT2D eigenvalue weighted by molar-refractivity contribution is 7.43. The molecule has 28 heavy (non-hydrogen) atoms. The molecule has 0 fully saturated rings. The normalized spacial score (nSPS) is 15.0. The molecule has 1 aliphatic rings. The fraction of sp³-hybridized carbons (Fsp3) is 0.478. The quantitative estimate of drug-likeness (QED) is 0.443. The first-order valence-electron chi connectivity index (χ1n) is 9.63. The van der Waals surface area contributed by atoms with Crippen LogP contribution in [0.25, 0.3) is 0 Å². The molecule has 5 heteroatoms. The van der Waals surface area contributed by atoms with Crippen molar-refractivity contribution >= 4 is 20.5 Å². The van der Waals surface area contributed by atoms with Gasteiger partial charge in [0.25, 0.3) is 0 Å². The summed E-state index contributed by atoms with van der Waals surface area (Å²) in [5.41, 5.74) is 6.84. The fourth-order valence-corrected chi connectivity index (χ4v) is 4.68. The molecule has 2 aromatic rings. The van der Waals surface area contributed by atoms with Gasteiger partial charge >= 0.3 is 8.60 Å². The molecule has 0 unspecified atom stereocenters. The predicted octanol–water partition coefficient (Wildman–Crippen LogP) is 7.66. The maximum atomic E-state index is 6.24. The van der Waals surface area contributed by atoms with Gasteiger partial charge in [0.15, 0.2) is 0 Å². The molecule has 3 rings (SSSR count). The zero-order chi connectivity index (χ0) is 20.9. The fourth-order valence-electron chi connectivity index (χ4n) is 3.69. The van der Waals surface area contributed by atoms with Crippen molar-refractivity contribution < 1.29 is 13.1 Å². The minimum atomic E-state index is -1.77. The topological polar surface area (TPSA) is 27.7 Å². The third kappa shape index (κ3) is 4.32. The Labute approximate surface area is 175 Å². The van der Waals surface area contributed by atoms with Gasteiger partial charge in [0.1, 0.15) is 11.5 Å². The number of hydrogen-bond donors (Lipinski definition) is 0. The van der Waals surface area contributed by atoms with Crippen LogP contribution < -0.4 is 9.05 Å². The Morgan fingerprint density at radius 3 is 1.50 bits per heavy atom. The Morgan fingerprint density at radius 1 is 0.786 bits per heavy atom. The summed E-state index contributed by atoms with van der Waals surface area (Å²) in [7, 11) is -1.77. The van der Waals surface area contributed by atoms with E-state index in [1.54, 1.807) is 0 Å². The summed E-state index contributed by atoms with van der Waals surface area (Å²) in [6.45, 7) is 17.4. The number of hydrogen-bond acceptors (Lipinski definition) is 3. The molecule has 1 aliphatic heterocycles. The number of fused-ring (bicyclic) bond motifs is 2. The second-order valence-corrected chi connectivity index (χ2v) is 11.1. The van der Waals surface area contributed by atoms with Crippen molar-refractivity contribution in [3.8, 4) is 11.5 Å². The van der Waals surface area contributed by atoms with Crippen molar-refractivity contribution in [3.05, 3.63) is 57.6 Å². The van der Waals surface area contributed by atoms with Crippen molar-refractivity contribution in [2.45, 2.75) is 72.6 Å². The Bertz CT molecular complexity index is 823. The highest BCUT2D eigenvalue weighted by atomic mass is 35.5. The van der Waals surface area contributed by atoms with E-state index < -0.39 is 8.60 Å². The maximum absolute atomic E-state index is 6.24. The van der Waals surface area contributed by atoms with Crippen molar-refractivity contribution in [1.29, 1.82) is 0 Å². The van der Waals surface area contributed by atoms with E-state index in [1.165, 1.54) is 11.1 Å². The van der Waals surface area contributed by atoms with Crippen molar-refractivity contribution in [2.75, 3.05) is 0 Å². The van der Waals surface area contributed by atoms with Crippen molar-refractivity contribution in [2.24, 2.45) is 0 Å². The summed E-state index contributed by atoms with van der Waals surface area (Å²) < 4.78 is 17.6. The SMILES string of the molecule is Cc1cc2c(c(C(C)(C)C)c1)OP(OCl)Oc1c(cc(C)cc1C(C)(C)C)C2. The average Bonchev–Trinajstić information content (AvgIpc) is 2.53. The summed E-state index contributed by atoms with van der Waals surface area (Å²) >= 11 is 5.81. The van der Waals surface area contributed by atoms with Crippen LogP contribution in [0.15, 0.2) is 24.3 Å². The van der Waals surface area contributed by atoms with E-state index in [-0.39, 0.29) is 10.8 Å². The molecule has 0 spiro atoms. The van der Waals surface area contributed by atoms with Gasteiger partial charge in [-0.25, -0.2) is 0 Å². The highest BCUT2D eigenvalue weighted by Gasteiger charge is 2.32. The third-order valence-corrected chi connectivity index (χ3v) is 6.12. The lowest BCUT2D eigenvalue weighted by Gasteiger charge is -2.31. The van der Waals surface area contributed by atoms with Crippen LogP contribution in [0.1, 0.15) is 74.9 Å². The maximum Gasteiger partial charge on any atom is 0.481 e. The molecule has 0 saturated carbocycles. The van der Waals surface area contributed by atoms with Gasteiger partial charge in [-0.2, -0.15) is 4.08 Å². The zero-order valence-electron chi connectivity index (χ0n) is 18.1. The monoisotopic (exact) mass is 420 g/mol. The summed E-state index contributed by atoms with van der Waals surface area (Å²) in [6.07, 6.45) is 0.742. The van der Waals surface area contributed by atoms with Crippen LogP contribution in [0, 0.1) is 13.8 Å². The summed E-state index contributed by atoms with van der Waals surface area (Å²) in [4.78, 5) is 0. The van der Waals surface area contributed by atoms with Gasteiger partial charge < -0.3 is 9.05 Å². The summed E-state index contributed by atoms with van der Waals surface area (Å²) in [5.74, 6) is 1.66. The molecule has 0 radical (unpaired) electrons. The molecular formula is C23H30ClO3P. The molecular weight excluding hydrogens is 391 g/mol. The van der Waals surface area contributed by atoms with E-state index in [4.69, 9.17) is 25.0 Å². The van der Waals surface area contributed by atoms with Crippen LogP contribution in [0.4, 0.5) is 0 Å². The summed E-state index contributed by atoms with van der Waals surface area (Å²) in [6, 6.07) is 8.75. The van der Waals surface area contributed by atoms with Gasteiger partial charge in [-0.05, 0) is 35.8 Å². The number of rotatable bonds is 1. The van der Waals surface area contributed by atoms with Crippen LogP contribution in [0.2, 0.25) is 0 Å². The predicted molar refractivity (Wildman–Crippen MR) is 118 cm³/mol. The second kappa shape index (κ2) is 7.52. The summed E-state index contributed by atoms with van der Waals surface area (Å²) in [5, 5.41) is 0. The van der Waals surface area contributed by atoms with Crippen molar-refractivity contribution in [3.63, 3.8) is 0 Å². The van der Waals surface area contributed by atoms with Crippen LogP contribution in [0.3, 0.4) is 0 Å². The van der Waals surface area contributed by atoms with E-state index in [9.17, 15) is 0 Å². The number of halogens is 1. The Hall–Kier alpha value is -1.28. The largest absolute Gasteiger partial charge is 0.481 e. The lowest BCUT2D eigenvalue weighted by atomic mass is 9.81. The molecule has 1 heterocycles. The van der Waals surface area contributed by atoms with E-state index in [1.807, 2.05) is 0 Å². The molecule has 2 aromatic carbocycles. The van der Waals surface area contributed by atoms with Crippen LogP contribution >= 0.6 is 20.5 Å². The second-order valence-electron chi connectivity index (χ2n) is 9.75. The van der Waals surface area contributed by atoms with Gasteiger partial charge in [0.05, 0.1) is 11.9 Å². The number of aryl methyl sites for hydroxylation is 2.